The second-order valence-corrected chi connectivity index (χ2v) is 22.8. The molecular formula is C66H129NO5. The van der Waals surface area contributed by atoms with Crippen LogP contribution in [0.4, 0.5) is 0 Å². The Kier molecular flexibility index (Phi) is 60.9. The Bertz CT molecular complexity index is 1080. The van der Waals surface area contributed by atoms with Crippen molar-refractivity contribution in [1.82, 2.24) is 5.32 Å². The largest absolute Gasteiger partial charge is 0.466 e. The maximum atomic E-state index is 12.5. The van der Waals surface area contributed by atoms with Crippen LogP contribution in [-0.4, -0.2) is 47.4 Å². The SMILES string of the molecule is CCCCCCCCCCCCCCCCC(=O)OCCCCCCCCCCCCCC/C=C\CCCCCCCCCCCCCCCCC(=O)NC(CO)C(O)CCCCCCCCCCCCC. The van der Waals surface area contributed by atoms with Crippen molar-refractivity contribution in [2.45, 2.75) is 386 Å². The molecule has 0 bridgehead atoms. The number of ether oxygens (including phenoxy) is 1. The number of unbranched alkanes of at least 4 members (excludes halogenated alkanes) is 49. The molecule has 0 radical (unpaired) electrons. The summed E-state index contributed by atoms with van der Waals surface area (Å²) in [6.07, 6.45) is 75.4. The average molecular weight is 1020 g/mol. The number of allylic oxidation sites excluding steroid dienone is 2. The number of hydrogen-bond acceptors (Lipinski definition) is 5. The zero-order chi connectivity index (χ0) is 52.2. The van der Waals surface area contributed by atoms with E-state index in [1.54, 1.807) is 0 Å². The summed E-state index contributed by atoms with van der Waals surface area (Å²) in [6, 6.07) is -0.538. The summed E-state index contributed by atoms with van der Waals surface area (Å²) in [5.74, 6) is -0.0126. The van der Waals surface area contributed by atoms with Gasteiger partial charge in [-0.05, 0) is 51.4 Å². The van der Waals surface area contributed by atoms with Gasteiger partial charge in [0.15, 0.2) is 0 Å². The van der Waals surface area contributed by atoms with E-state index in [2.05, 4.69) is 31.3 Å². The molecule has 0 fully saturated rings. The smallest absolute Gasteiger partial charge is 0.305 e. The second-order valence-electron chi connectivity index (χ2n) is 22.8. The van der Waals surface area contributed by atoms with E-state index in [-0.39, 0.29) is 18.5 Å². The van der Waals surface area contributed by atoms with Crippen molar-refractivity contribution in [3.8, 4) is 0 Å². The molecule has 6 heteroatoms. The van der Waals surface area contributed by atoms with Crippen LogP contribution in [0.5, 0.6) is 0 Å². The van der Waals surface area contributed by atoms with Crippen molar-refractivity contribution < 1.29 is 24.5 Å². The molecule has 6 nitrogen and oxygen atoms in total. The molecule has 0 aliphatic carbocycles. The van der Waals surface area contributed by atoms with E-state index >= 15 is 0 Å². The summed E-state index contributed by atoms with van der Waals surface area (Å²) < 4.78 is 5.49. The zero-order valence-corrected chi connectivity index (χ0v) is 48.9. The zero-order valence-electron chi connectivity index (χ0n) is 48.9. The van der Waals surface area contributed by atoms with Gasteiger partial charge in [0, 0.05) is 12.8 Å². The maximum Gasteiger partial charge on any atom is 0.305 e. The van der Waals surface area contributed by atoms with Gasteiger partial charge in [0.25, 0.3) is 0 Å². The Morgan fingerprint density at radius 1 is 0.375 bits per heavy atom. The summed E-state index contributed by atoms with van der Waals surface area (Å²) in [7, 11) is 0. The van der Waals surface area contributed by atoms with Gasteiger partial charge >= 0.3 is 5.97 Å². The molecule has 0 heterocycles. The van der Waals surface area contributed by atoms with Gasteiger partial charge in [-0.15, -0.1) is 0 Å². The lowest BCUT2D eigenvalue weighted by atomic mass is 10.0. The fourth-order valence-electron chi connectivity index (χ4n) is 10.5. The molecule has 0 aromatic heterocycles. The first-order chi connectivity index (χ1) is 35.5. The molecule has 0 aliphatic rings. The van der Waals surface area contributed by atoms with Gasteiger partial charge < -0.3 is 20.3 Å². The number of aliphatic hydroxyl groups is 2. The highest BCUT2D eigenvalue weighted by Gasteiger charge is 2.20. The molecule has 0 aromatic carbocycles. The monoisotopic (exact) mass is 1020 g/mol. The predicted octanol–water partition coefficient (Wildman–Crippen LogP) is 20.8. The fraction of sp³-hybridized carbons (Fsp3) is 0.939. The predicted molar refractivity (Wildman–Crippen MR) is 315 cm³/mol. The van der Waals surface area contributed by atoms with Gasteiger partial charge in [0.2, 0.25) is 5.91 Å². The van der Waals surface area contributed by atoms with E-state index in [4.69, 9.17) is 4.74 Å². The minimum absolute atomic E-state index is 0.0200. The van der Waals surface area contributed by atoms with E-state index < -0.39 is 12.1 Å². The van der Waals surface area contributed by atoms with Crippen LogP contribution in [0.25, 0.3) is 0 Å². The maximum absolute atomic E-state index is 12.5. The third kappa shape index (κ3) is 57.9. The molecule has 2 unspecified atom stereocenters. The Hall–Kier alpha value is -1.40. The summed E-state index contributed by atoms with van der Waals surface area (Å²) in [5.41, 5.74) is 0. The fourth-order valence-corrected chi connectivity index (χ4v) is 10.5. The van der Waals surface area contributed by atoms with Gasteiger partial charge in [-0.25, -0.2) is 0 Å². The van der Waals surface area contributed by atoms with Crippen LogP contribution < -0.4 is 5.32 Å². The Morgan fingerprint density at radius 3 is 0.986 bits per heavy atom. The number of esters is 1. The standard InChI is InChI=1S/C66H129NO5/c1-3-5-7-9-11-13-15-16-36-40-44-48-52-56-60-66(71)72-61-57-53-49-45-41-37-34-32-30-28-26-24-22-20-18-17-19-21-23-25-27-29-31-33-35-39-43-47-51-55-59-65(70)67-63(62-68)64(69)58-54-50-46-42-38-14-12-10-8-6-4-2/h18,20,63-64,68-69H,3-17,19,21-62H2,1-2H3,(H,67,70)/b20-18-. The number of rotatable bonds is 62. The third-order valence-corrected chi connectivity index (χ3v) is 15.6. The van der Waals surface area contributed by atoms with Gasteiger partial charge in [-0.1, -0.05) is 321 Å². The van der Waals surface area contributed by atoms with Gasteiger partial charge in [0.05, 0.1) is 25.4 Å². The molecule has 72 heavy (non-hydrogen) atoms. The van der Waals surface area contributed by atoms with E-state index in [0.29, 0.717) is 25.9 Å². The number of aliphatic hydroxyl groups excluding tert-OH is 2. The van der Waals surface area contributed by atoms with Gasteiger partial charge in [-0.2, -0.15) is 0 Å². The minimum atomic E-state index is -0.661. The lowest BCUT2D eigenvalue weighted by Gasteiger charge is -2.22. The van der Waals surface area contributed by atoms with E-state index in [1.165, 1.54) is 302 Å². The molecule has 0 rings (SSSR count). The molecule has 428 valence electrons. The lowest BCUT2D eigenvalue weighted by Crippen LogP contribution is -2.45. The van der Waals surface area contributed by atoms with Crippen LogP contribution in [0, 0.1) is 0 Å². The highest BCUT2D eigenvalue weighted by Crippen LogP contribution is 2.18. The highest BCUT2D eigenvalue weighted by atomic mass is 16.5. The summed E-state index contributed by atoms with van der Waals surface area (Å²) in [6.45, 7) is 4.97. The first-order valence-electron chi connectivity index (χ1n) is 32.9. The van der Waals surface area contributed by atoms with Gasteiger partial charge in [-0.3, -0.25) is 9.59 Å². The molecular weight excluding hydrogens is 887 g/mol. The summed E-state index contributed by atoms with van der Waals surface area (Å²) in [4.78, 5) is 24.5. The quantitative estimate of drug-likeness (QED) is 0.0320. The molecule has 0 saturated heterocycles. The highest BCUT2D eigenvalue weighted by molar-refractivity contribution is 5.76. The number of nitrogens with one attached hydrogen (secondary N) is 1. The molecule has 0 saturated carbocycles. The average Bonchev–Trinajstić information content (AvgIpc) is 3.38. The van der Waals surface area contributed by atoms with Crippen LogP contribution >= 0.6 is 0 Å². The van der Waals surface area contributed by atoms with E-state index in [1.807, 2.05) is 0 Å². The number of amides is 1. The van der Waals surface area contributed by atoms with Crippen LogP contribution in [0.2, 0.25) is 0 Å². The molecule has 0 spiro atoms. The number of carbonyl (C=O) groups is 2. The molecule has 1 amide bonds. The lowest BCUT2D eigenvalue weighted by molar-refractivity contribution is -0.143. The van der Waals surface area contributed by atoms with Crippen molar-refractivity contribution >= 4 is 11.9 Å². The first-order valence-corrected chi connectivity index (χ1v) is 32.9. The summed E-state index contributed by atoms with van der Waals surface area (Å²) in [5, 5.41) is 23.2. The minimum Gasteiger partial charge on any atom is -0.466 e. The van der Waals surface area contributed by atoms with Crippen molar-refractivity contribution in [2.75, 3.05) is 13.2 Å². The van der Waals surface area contributed by atoms with Crippen LogP contribution in [0.15, 0.2) is 12.2 Å². The van der Waals surface area contributed by atoms with Crippen molar-refractivity contribution in [3.05, 3.63) is 12.2 Å². The molecule has 0 aromatic rings. The molecule has 3 N–H and O–H groups in total. The van der Waals surface area contributed by atoms with E-state index in [9.17, 15) is 19.8 Å². The van der Waals surface area contributed by atoms with Crippen molar-refractivity contribution in [2.24, 2.45) is 0 Å². The topological polar surface area (TPSA) is 95.9 Å². The Labute approximate surface area is 450 Å². The van der Waals surface area contributed by atoms with Crippen LogP contribution in [0.1, 0.15) is 373 Å². The normalized spacial score (nSPS) is 12.6. The molecule has 2 atom stereocenters. The Balaban J connectivity index is 3.33. The van der Waals surface area contributed by atoms with Crippen LogP contribution in [-0.2, 0) is 14.3 Å². The van der Waals surface area contributed by atoms with Crippen LogP contribution in [0.3, 0.4) is 0 Å². The molecule has 0 aliphatic heterocycles. The Morgan fingerprint density at radius 2 is 0.653 bits per heavy atom. The first kappa shape index (κ1) is 70.6. The summed E-state index contributed by atoms with van der Waals surface area (Å²) >= 11 is 0. The van der Waals surface area contributed by atoms with E-state index in [0.717, 1.165) is 38.5 Å². The number of hydrogen-bond donors (Lipinski definition) is 3. The second kappa shape index (κ2) is 62.1. The third-order valence-electron chi connectivity index (χ3n) is 15.6. The van der Waals surface area contributed by atoms with Gasteiger partial charge in [0.1, 0.15) is 0 Å². The number of carbonyl (C=O) groups excluding carboxylic acids is 2. The van der Waals surface area contributed by atoms with Crippen molar-refractivity contribution in [1.29, 1.82) is 0 Å². The van der Waals surface area contributed by atoms with Crippen molar-refractivity contribution in [3.63, 3.8) is 0 Å².